The van der Waals surface area contributed by atoms with Crippen molar-refractivity contribution >= 4 is 20.9 Å². The zero-order chi connectivity index (χ0) is 25.1. The first kappa shape index (κ1) is 23.3. The zero-order valence-electron chi connectivity index (χ0n) is 19.4. The fraction of sp³-hybridized carbons (Fsp3) is 0.154. The van der Waals surface area contributed by atoms with Crippen molar-refractivity contribution in [2.24, 2.45) is 0 Å². The van der Waals surface area contributed by atoms with Crippen LogP contribution >= 0.6 is 0 Å². The molecule has 0 fully saturated rings. The molecule has 0 radical (unpaired) electrons. The molecule has 0 aliphatic carbocycles. The van der Waals surface area contributed by atoms with E-state index in [1.165, 1.54) is 6.33 Å². The molecule has 0 saturated carbocycles. The van der Waals surface area contributed by atoms with Crippen LogP contribution in [0.3, 0.4) is 0 Å². The lowest BCUT2D eigenvalue weighted by atomic mass is 10.0. The van der Waals surface area contributed by atoms with Gasteiger partial charge in [-0.3, -0.25) is 4.68 Å². The van der Waals surface area contributed by atoms with Crippen molar-refractivity contribution in [1.29, 1.82) is 5.26 Å². The minimum Gasteiger partial charge on any atom is -0.497 e. The average Bonchev–Trinajstić information content (AvgIpc) is 3.57. The van der Waals surface area contributed by atoms with Crippen molar-refractivity contribution in [3.8, 4) is 23.1 Å². The summed E-state index contributed by atoms with van der Waals surface area (Å²) in [5, 5.41) is 14.9. The largest absolute Gasteiger partial charge is 0.497 e. The van der Waals surface area contributed by atoms with Gasteiger partial charge in [0.25, 0.3) is 0 Å². The fourth-order valence-electron chi connectivity index (χ4n) is 4.12. The second-order valence-corrected chi connectivity index (χ2v) is 10.2. The van der Waals surface area contributed by atoms with Gasteiger partial charge in [-0.1, -0.05) is 24.3 Å². The average molecular weight is 499 g/mol. The quantitative estimate of drug-likeness (QED) is 0.338. The molecule has 5 rings (SSSR count). The predicted molar refractivity (Wildman–Crippen MR) is 134 cm³/mol. The van der Waals surface area contributed by atoms with Gasteiger partial charge in [0, 0.05) is 23.3 Å². The Labute approximate surface area is 207 Å². The van der Waals surface area contributed by atoms with E-state index in [9.17, 15) is 13.7 Å². The van der Waals surface area contributed by atoms with Gasteiger partial charge in [0.2, 0.25) is 0 Å². The monoisotopic (exact) mass is 498 g/mol. The van der Waals surface area contributed by atoms with E-state index in [1.807, 2.05) is 18.3 Å². The number of sulfone groups is 1. The van der Waals surface area contributed by atoms with E-state index in [2.05, 4.69) is 26.1 Å². The first-order chi connectivity index (χ1) is 17.5. The summed E-state index contributed by atoms with van der Waals surface area (Å²) in [7, 11) is -2.05. The van der Waals surface area contributed by atoms with Crippen molar-refractivity contribution in [1.82, 2.24) is 24.7 Å². The number of fused-ring (bicyclic) bond motifs is 1. The van der Waals surface area contributed by atoms with Gasteiger partial charge >= 0.3 is 0 Å². The molecular formula is C26H22N6O3S. The Hall–Kier alpha value is -4.49. The van der Waals surface area contributed by atoms with Crippen molar-refractivity contribution in [2.45, 2.75) is 23.1 Å². The molecule has 180 valence electrons. The standard InChI is InChI=1S/C26H22N6O3S/c1-35-21-7-5-18(6-8-21)16-36(33,34)22-4-2-3-19(13-22)24(9-11-27)32-15-20(14-31-32)25-23-10-12-28-26(23)30-17-29-25/h2-8,10,12-15,17,24H,9,16H2,1H3,(H,28,29,30). The third-order valence-corrected chi connectivity index (χ3v) is 7.64. The Balaban J connectivity index is 1.46. The van der Waals surface area contributed by atoms with Crippen molar-refractivity contribution in [3.05, 3.63) is 90.6 Å². The number of H-pyrrole nitrogens is 1. The second kappa shape index (κ2) is 9.64. The fourth-order valence-corrected chi connectivity index (χ4v) is 5.52. The predicted octanol–water partition coefficient (Wildman–Crippen LogP) is 4.31. The molecule has 1 N–H and O–H groups in total. The molecule has 0 amide bonds. The van der Waals surface area contributed by atoms with E-state index in [0.717, 1.165) is 22.3 Å². The SMILES string of the molecule is COc1ccc(CS(=O)(=O)c2cccc(C(CC#N)n3cc(-c4ncnc5[nH]ccc45)cn3)c2)cc1. The zero-order valence-corrected chi connectivity index (χ0v) is 20.2. The van der Waals surface area contributed by atoms with Gasteiger partial charge in [0.1, 0.15) is 17.7 Å². The Morgan fingerprint density at radius 1 is 1.14 bits per heavy atom. The molecule has 0 aliphatic rings. The maximum absolute atomic E-state index is 13.2. The molecule has 1 unspecified atom stereocenters. The highest BCUT2D eigenvalue weighted by molar-refractivity contribution is 7.90. The Morgan fingerprint density at radius 3 is 2.75 bits per heavy atom. The van der Waals surface area contributed by atoms with Crippen molar-refractivity contribution in [3.63, 3.8) is 0 Å². The highest BCUT2D eigenvalue weighted by Gasteiger charge is 2.21. The summed E-state index contributed by atoms with van der Waals surface area (Å²) in [5.74, 6) is 0.519. The van der Waals surface area contributed by atoms with E-state index in [-0.39, 0.29) is 17.1 Å². The number of nitrogens with zero attached hydrogens (tertiary/aromatic N) is 5. The molecule has 1 atom stereocenters. The van der Waals surface area contributed by atoms with Crippen LogP contribution in [0.15, 0.2) is 84.4 Å². The Bertz CT molecular complexity index is 1670. The Morgan fingerprint density at radius 2 is 1.97 bits per heavy atom. The van der Waals surface area contributed by atoms with Gasteiger partial charge in [-0.05, 0) is 41.5 Å². The van der Waals surface area contributed by atoms with Gasteiger partial charge in [-0.25, -0.2) is 18.4 Å². The summed E-state index contributed by atoms with van der Waals surface area (Å²) in [4.78, 5) is 11.9. The van der Waals surface area contributed by atoms with Crippen molar-refractivity contribution in [2.75, 3.05) is 7.11 Å². The van der Waals surface area contributed by atoms with Crippen LogP contribution in [-0.4, -0.2) is 40.3 Å². The summed E-state index contributed by atoms with van der Waals surface area (Å²) in [6.07, 6.45) is 6.89. The highest BCUT2D eigenvalue weighted by Crippen LogP contribution is 2.29. The first-order valence-corrected chi connectivity index (χ1v) is 12.8. The number of rotatable bonds is 8. The number of hydrogen-bond acceptors (Lipinski definition) is 7. The minimum absolute atomic E-state index is 0.118. The van der Waals surface area contributed by atoms with Crippen LogP contribution in [-0.2, 0) is 15.6 Å². The maximum Gasteiger partial charge on any atom is 0.182 e. The first-order valence-electron chi connectivity index (χ1n) is 11.1. The summed E-state index contributed by atoms with van der Waals surface area (Å²) in [6, 6.07) is 17.3. The van der Waals surface area contributed by atoms with Crippen LogP contribution in [0, 0.1) is 11.3 Å². The lowest BCUT2D eigenvalue weighted by Crippen LogP contribution is -2.12. The number of methoxy groups -OCH3 is 1. The van der Waals surface area contributed by atoms with Crippen molar-refractivity contribution < 1.29 is 13.2 Å². The summed E-state index contributed by atoms with van der Waals surface area (Å²) >= 11 is 0. The second-order valence-electron chi connectivity index (χ2n) is 8.23. The minimum atomic E-state index is -3.62. The summed E-state index contributed by atoms with van der Waals surface area (Å²) in [5.41, 5.74) is 3.55. The summed E-state index contributed by atoms with van der Waals surface area (Å²) in [6.45, 7) is 0. The number of nitriles is 1. The van der Waals surface area contributed by atoms with E-state index >= 15 is 0 Å². The van der Waals surface area contributed by atoms with Gasteiger partial charge in [-0.15, -0.1) is 0 Å². The molecule has 36 heavy (non-hydrogen) atoms. The molecule has 0 bridgehead atoms. The molecule has 0 spiro atoms. The van der Waals surface area contributed by atoms with Crippen LogP contribution in [0.4, 0.5) is 0 Å². The molecule has 3 heterocycles. The number of aromatic nitrogens is 5. The topological polar surface area (TPSA) is 127 Å². The number of benzene rings is 2. The highest BCUT2D eigenvalue weighted by atomic mass is 32.2. The molecule has 2 aromatic carbocycles. The third-order valence-electron chi connectivity index (χ3n) is 5.95. The molecule has 3 aromatic heterocycles. The number of ether oxygens (including phenoxy) is 1. The van der Waals surface area contributed by atoms with Gasteiger partial charge < -0.3 is 9.72 Å². The number of hydrogen-bond donors (Lipinski definition) is 1. The maximum atomic E-state index is 13.2. The lowest BCUT2D eigenvalue weighted by molar-refractivity contribution is 0.414. The summed E-state index contributed by atoms with van der Waals surface area (Å²) < 4.78 is 33.2. The molecular weight excluding hydrogens is 476 g/mol. The van der Waals surface area contributed by atoms with Crippen LogP contribution in [0.25, 0.3) is 22.3 Å². The van der Waals surface area contributed by atoms with E-state index in [1.54, 1.807) is 66.6 Å². The normalized spacial score (nSPS) is 12.3. The van der Waals surface area contributed by atoms with Crippen LogP contribution < -0.4 is 4.74 Å². The molecule has 9 nitrogen and oxygen atoms in total. The van der Waals surface area contributed by atoms with Gasteiger partial charge in [-0.2, -0.15) is 10.4 Å². The lowest BCUT2D eigenvalue weighted by Gasteiger charge is -2.16. The third kappa shape index (κ3) is 4.56. The molecule has 0 aliphatic heterocycles. The molecule has 10 heteroatoms. The molecule has 0 saturated heterocycles. The van der Waals surface area contributed by atoms with E-state index in [4.69, 9.17) is 4.74 Å². The number of nitrogens with one attached hydrogen (secondary N) is 1. The van der Waals surface area contributed by atoms with Gasteiger partial charge in [0.05, 0.1) is 48.2 Å². The van der Waals surface area contributed by atoms with Crippen LogP contribution in [0.2, 0.25) is 0 Å². The molecule has 5 aromatic rings. The Kier molecular flexibility index (Phi) is 6.23. The smallest absolute Gasteiger partial charge is 0.182 e. The van der Waals surface area contributed by atoms with E-state index < -0.39 is 15.9 Å². The van der Waals surface area contributed by atoms with Gasteiger partial charge in [0.15, 0.2) is 9.84 Å². The van der Waals surface area contributed by atoms with Crippen LogP contribution in [0.5, 0.6) is 5.75 Å². The van der Waals surface area contributed by atoms with Crippen LogP contribution in [0.1, 0.15) is 23.6 Å². The van der Waals surface area contributed by atoms with E-state index in [0.29, 0.717) is 16.9 Å². The number of aromatic amines is 1.